The minimum absolute atomic E-state index is 0.0735. The molecule has 27 heavy (non-hydrogen) atoms. The Morgan fingerprint density at radius 2 is 1.93 bits per heavy atom. The van der Waals surface area contributed by atoms with Crippen molar-refractivity contribution in [1.82, 2.24) is 15.0 Å². The van der Waals surface area contributed by atoms with Crippen LogP contribution in [0.2, 0.25) is 0 Å². The van der Waals surface area contributed by atoms with E-state index in [4.69, 9.17) is 10.2 Å². The second-order valence-electron chi connectivity index (χ2n) is 6.00. The maximum Gasteiger partial charge on any atom is 0.191 e. The van der Waals surface area contributed by atoms with Crippen LogP contribution in [-0.2, 0) is 0 Å². The molecule has 7 heteroatoms. The van der Waals surface area contributed by atoms with E-state index >= 15 is 0 Å². The molecule has 2 N–H and O–H groups in total. The van der Waals surface area contributed by atoms with Gasteiger partial charge in [0, 0.05) is 17.0 Å². The maximum absolute atomic E-state index is 5.89. The number of fused-ring (bicyclic) bond motifs is 1. The van der Waals surface area contributed by atoms with Gasteiger partial charge in [-0.15, -0.1) is 11.8 Å². The van der Waals surface area contributed by atoms with E-state index < -0.39 is 0 Å². The van der Waals surface area contributed by atoms with Crippen LogP contribution in [0.5, 0.6) is 0 Å². The Balaban J connectivity index is 1.66. The first-order valence-corrected chi connectivity index (χ1v) is 10.5. The number of hydrogen-bond donors (Lipinski definition) is 1. The summed E-state index contributed by atoms with van der Waals surface area (Å²) in [5.41, 5.74) is 9.80. The Labute approximate surface area is 165 Å². The first-order valence-electron chi connectivity index (χ1n) is 8.42. The van der Waals surface area contributed by atoms with E-state index in [-0.39, 0.29) is 5.25 Å². The Bertz CT molecular complexity index is 1080. The summed E-state index contributed by atoms with van der Waals surface area (Å²) in [6, 6.07) is 14.1. The molecule has 1 atom stereocenters. The molecule has 0 saturated carbocycles. The molecule has 5 nitrogen and oxygen atoms in total. The van der Waals surface area contributed by atoms with Crippen LogP contribution in [0.3, 0.4) is 0 Å². The summed E-state index contributed by atoms with van der Waals surface area (Å²) in [4.78, 5) is 13.4. The van der Waals surface area contributed by atoms with Gasteiger partial charge >= 0.3 is 0 Å². The van der Waals surface area contributed by atoms with Gasteiger partial charge in [0.2, 0.25) is 0 Å². The Kier molecular flexibility index (Phi) is 5.05. The van der Waals surface area contributed by atoms with E-state index in [9.17, 15) is 0 Å². The highest BCUT2D eigenvalue weighted by Gasteiger charge is 2.16. The Morgan fingerprint density at radius 3 is 2.70 bits per heavy atom. The van der Waals surface area contributed by atoms with Gasteiger partial charge in [-0.1, -0.05) is 42.1 Å². The first-order chi connectivity index (χ1) is 13.1. The summed E-state index contributed by atoms with van der Waals surface area (Å²) in [5, 5.41) is 2.65. The second kappa shape index (κ2) is 7.62. The van der Waals surface area contributed by atoms with E-state index in [1.54, 1.807) is 42.1 Å². The summed E-state index contributed by atoms with van der Waals surface area (Å²) >= 11 is 3.09. The Hall–Kier alpha value is -2.51. The van der Waals surface area contributed by atoms with Gasteiger partial charge in [-0.25, -0.2) is 9.97 Å². The molecule has 4 rings (SSSR count). The van der Waals surface area contributed by atoms with Crippen molar-refractivity contribution in [3.63, 3.8) is 0 Å². The monoisotopic (exact) mass is 394 g/mol. The molecule has 0 bridgehead atoms. The predicted octanol–water partition coefficient (Wildman–Crippen LogP) is 5.44. The predicted molar refractivity (Wildman–Crippen MR) is 112 cm³/mol. The van der Waals surface area contributed by atoms with Crippen LogP contribution in [0.4, 0.5) is 5.82 Å². The number of nitrogen functional groups attached to an aromatic ring is 1. The number of nitrogens with zero attached hydrogens (tertiary/aromatic N) is 3. The zero-order valence-corrected chi connectivity index (χ0v) is 16.6. The number of pyridine rings is 1. The third-order valence-electron chi connectivity index (χ3n) is 4.18. The molecule has 0 radical (unpaired) electrons. The molecule has 0 amide bonds. The third kappa shape index (κ3) is 3.79. The van der Waals surface area contributed by atoms with Crippen LogP contribution >= 0.6 is 23.5 Å². The van der Waals surface area contributed by atoms with Gasteiger partial charge in [0.05, 0.1) is 23.4 Å². The average Bonchev–Trinajstić information content (AvgIpc) is 3.11. The highest BCUT2D eigenvalue weighted by molar-refractivity contribution is 7.99. The summed E-state index contributed by atoms with van der Waals surface area (Å²) in [6.45, 7) is 2.09. The number of thioether (sulfide) groups is 2. The number of furan rings is 1. The highest BCUT2D eigenvalue weighted by atomic mass is 32.2. The van der Waals surface area contributed by atoms with E-state index in [2.05, 4.69) is 40.1 Å². The van der Waals surface area contributed by atoms with Crippen molar-refractivity contribution in [3.8, 4) is 11.1 Å². The fourth-order valence-corrected chi connectivity index (χ4v) is 4.16. The van der Waals surface area contributed by atoms with Gasteiger partial charge in [-0.3, -0.25) is 4.98 Å². The number of benzene rings is 1. The van der Waals surface area contributed by atoms with Crippen LogP contribution in [0.1, 0.15) is 17.9 Å². The minimum Gasteiger partial charge on any atom is -0.462 e. The lowest BCUT2D eigenvalue weighted by Crippen LogP contribution is -1.99. The minimum atomic E-state index is 0.0735. The highest BCUT2D eigenvalue weighted by Crippen LogP contribution is 2.36. The lowest BCUT2D eigenvalue weighted by Gasteiger charge is -2.11. The van der Waals surface area contributed by atoms with Crippen LogP contribution in [0.25, 0.3) is 22.1 Å². The molecule has 0 aliphatic rings. The summed E-state index contributed by atoms with van der Waals surface area (Å²) in [7, 11) is 0. The largest absolute Gasteiger partial charge is 0.462 e. The standard InChI is InChI=1S/C20H18N4OS2/c1-12(27-20-23-18(21)9-19(24-20)26-2)16-8-14-15(11-25-17(14)10-22-16)13-6-4-3-5-7-13/h3-12H,1-2H3,(H2,21,23,24). The first kappa shape index (κ1) is 17.9. The van der Waals surface area contributed by atoms with Gasteiger partial charge in [0.25, 0.3) is 0 Å². The van der Waals surface area contributed by atoms with Crippen molar-refractivity contribution in [2.75, 3.05) is 12.0 Å². The fraction of sp³-hybridized carbons (Fsp3) is 0.150. The normalized spacial score (nSPS) is 12.4. The molecule has 1 aromatic carbocycles. The van der Waals surface area contributed by atoms with E-state index in [0.29, 0.717) is 11.0 Å². The number of nitrogens with two attached hydrogens (primary N) is 1. The molecule has 1 unspecified atom stereocenters. The molecule has 136 valence electrons. The van der Waals surface area contributed by atoms with Crippen molar-refractivity contribution in [1.29, 1.82) is 0 Å². The van der Waals surface area contributed by atoms with E-state index in [1.807, 2.05) is 24.5 Å². The van der Waals surface area contributed by atoms with Crippen LogP contribution in [0, 0.1) is 0 Å². The lowest BCUT2D eigenvalue weighted by molar-refractivity contribution is 0.615. The number of anilines is 1. The summed E-state index contributed by atoms with van der Waals surface area (Å²) in [6.07, 6.45) is 5.54. The number of aromatic nitrogens is 3. The number of rotatable bonds is 5. The Morgan fingerprint density at radius 1 is 1.11 bits per heavy atom. The van der Waals surface area contributed by atoms with E-state index in [1.165, 1.54) is 0 Å². The zero-order valence-electron chi connectivity index (χ0n) is 14.9. The van der Waals surface area contributed by atoms with Gasteiger partial charge in [0.1, 0.15) is 10.8 Å². The van der Waals surface area contributed by atoms with Crippen molar-refractivity contribution in [2.24, 2.45) is 0 Å². The molecule has 0 fully saturated rings. The van der Waals surface area contributed by atoms with Gasteiger partial charge in [-0.05, 0) is 24.8 Å². The fourth-order valence-electron chi connectivity index (χ4n) is 2.81. The number of hydrogen-bond acceptors (Lipinski definition) is 7. The van der Waals surface area contributed by atoms with Crippen LogP contribution in [0.15, 0.2) is 69.5 Å². The van der Waals surface area contributed by atoms with Crippen molar-refractivity contribution in [3.05, 3.63) is 60.6 Å². The molecule has 0 saturated heterocycles. The van der Waals surface area contributed by atoms with Crippen molar-refractivity contribution < 1.29 is 4.42 Å². The average molecular weight is 395 g/mol. The second-order valence-corrected chi connectivity index (χ2v) is 8.13. The van der Waals surface area contributed by atoms with Gasteiger partial charge in [0.15, 0.2) is 10.7 Å². The molecule has 4 aromatic rings. The molecule has 3 heterocycles. The van der Waals surface area contributed by atoms with Crippen molar-refractivity contribution >= 4 is 40.3 Å². The molecular formula is C20H18N4OS2. The summed E-state index contributed by atoms with van der Waals surface area (Å²) in [5.74, 6) is 0.480. The molecule has 0 spiro atoms. The topological polar surface area (TPSA) is 77.8 Å². The SMILES string of the molecule is CSc1cc(N)nc(SC(C)c2cc3c(-c4ccccc4)coc3cn2)n1. The molecule has 0 aliphatic heterocycles. The molecule has 3 aromatic heterocycles. The maximum atomic E-state index is 5.89. The van der Waals surface area contributed by atoms with Crippen LogP contribution in [-0.4, -0.2) is 21.2 Å². The van der Waals surface area contributed by atoms with Gasteiger partial charge < -0.3 is 10.2 Å². The zero-order chi connectivity index (χ0) is 18.8. The molecule has 0 aliphatic carbocycles. The van der Waals surface area contributed by atoms with Crippen LogP contribution < -0.4 is 5.73 Å². The quantitative estimate of drug-likeness (QED) is 0.274. The van der Waals surface area contributed by atoms with Crippen molar-refractivity contribution in [2.45, 2.75) is 22.4 Å². The summed E-state index contributed by atoms with van der Waals surface area (Å²) < 4.78 is 5.69. The third-order valence-corrected chi connectivity index (χ3v) is 5.79. The molecular weight excluding hydrogens is 376 g/mol. The van der Waals surface area contributed by atoms with E-state index in [0.717, 1.165) is 32.8 Å². The smallest absolute Gasteiger partial charge is 0.191 e. The van der Waals surface area contributed by atoms with Gasteiger partial charge in [-0.2, -0.15) is 0 Å². The lowest BCUT2D eigenvalue weighted by atomic mass is 10.0.